The first kappa shape index (κ1) is 11.0. The summed E-state index contributed by atoms with van der Waals surface area (Å²) in [4.78, 5) is 14.0. The van der Waals surface area contributed by atoms with Crippen LogP contribution in [0.3, 0.4) is 0 Å². The Labute approximate surface area is 86.3 Å². The van der Waals surface area contributed by atoms with Crippen molar-refractivity contribution in [3.05, 3.63) is 23.8 Å². The van der Waals surface area contributed by atoms with Gasteiger partial charge in [-0.25, -0.2) is 0 Å². The second-order valence-electron chi connectivity index (χ2n) is 2.97. The first-order valence-corrected chi connectivity index (χ1v) is 4.26. The van der Waals surface area contributed by atoms with Crippen molar-refractivity contribution in [3.8, 4) is 11.5 Å². The predicted molar refractivity (Wildman–Crippen MR) is 54.5 cm³/mol. The molecule has 0 saturated carbocycles. The summed E-state index contributed by atoms with van der Waals surface area (Å²) < 4.78 is 0. The van der Waals surface area contributed by atoms with E-state index in [1.807, 2.05) is 0 Å². The molecule has 1 aromatic rings. The summed E-state index contributed by atoms with van der Waals surface area (Å²) in [6.07, 6.45) is 0. The average molecular weight is 209 g/mol. The zero-order valence-corrected chi connectivity index (χ0v) is 8.14. The molecule has 0 unspecified atom stereocenters. The molecule has 0 aliphatic heterocycles. The Morgan fingerprint density at radius 2 is 1.87 bits per heavy atom. The van der Waals surface area contributed by atoms with Crippen LogP contribution in [0.25, 0.3) is 0 Å². The Hall–Kier alpha value is -2.04. The Bertz CT molecular complexity index is 392. The molecule has 15 heavy (non-hydrogen) atoms. The Morgan fingerprint density at radius 1 is 1.33 bits per heavy atom. The molecule has 0 heterocycles. The fourth-order valence-electron chi connectivity index (χ4n) is 1.16. The summed E-state index contributed by atoms with van der Waals surface area (Å²) in [7, 11) is 0. The summed E-state index contributed by atoms with van der Waals surface area (Å²) in [6.45, 7) is 1.14. The number of hydrogen-bond acceptors (Lipinski definition) is 4. The Balaban J connectivity index is 3.05. The third-order valence-electron chi connectivity index (χ3n) is 1.83. The number of rotatable bonds is 3. The smallest absolute Gasteiger partial charge is 0.325 e. The van der Waals surface area contributed by atoms with Gasteiger partial charge in [-0.3, -0.25) is 9.79 Å². The van der Waals surface area contributed by atoms with E-state index in [0.29, 0.717) is 0 Å². The zero-order valence-electron chi connectivity index (χ0n) is 8.14. The molecule has 5 heteroatoms. The second-order valence-corrected chi connectivity index (χ2v) is 2.97. The molecule has 0 amide bonds. The molecule has 0 aromatic heterocycles. The van der Waals surface area contributed by atoms with Gasteiger partial charge in [0.15, 0.2) is 0 Å². The number of phenols is 2. The molecule has 0 radical (unpaired) electrons. The van der Waals surface area contributed by atoms with Crippen LogP contribution in [-0.4, -0.2) is 33.5 Å². The van der Waals surface area contributed by atoms with Crippen molar-refractivity contribution in [1.82, 2.24) is 0 Å². The Kier molecular flexibility index (Phi) is 3.28. The fourth-order valence-corrected chi connectivity index (χ4v) is 1.16. The van der Waals surface area contributed by atoms with Crippen LogP contribution in [0.15, 0.2) is 23.2 Å². The van der Waals surface area contributed by atoms with E-state index in [2.05, 4.69) is 4.99 Å². The molecule has 3 N–H and O–H groups in total. The molecule has 80 valence electrons. The second kappa shape index (κ2) is 4.45. The molecule has 0 aliphatic rings. The normalized spacial score (nSPS) is 11.4. The maximum absolute atomic E-state index is 10.3. The third-order valence-corrected chi connectivity index (χ3v) is 1.83. The fraction of sp³-hybridized carbons (Fsp3) is 0.200. The number of phenolic OH excluding ortho intramolecular Hbond substituents is 2. The summed E-state index contributed by atoms with van der Waals surface area (Å²) in [6, 6.07) is 4.28. The lowest BCUT2D eigenvalue weighted by Crippen LogP contribution is -2.04. The number of carbonyl (C=O) groups is 1. The van der Waals surface area contributed by atoms with E-state index in [4.69, 9.17) is 5.11 Å². The number of aliphatic carboxylic acids is 1. The number of hydrogen-bond donors (Lipinski definition) is 3. The lowest BCUT2D eigenvalue weighted by Gasteiger charge is -2.05. The van der Waals surface area contributed by atoms with Gasteiger partial charge < -0.3 is 15.3 Å². The van der Waals surface area contributed by atoms with E-state index in [1.54, 1.807) is 0 Å². The molecule has 1 aromatic carbocycles. The maximum atomic E-state index is 10.3. The van der Waals surface area contributed by atoms with Crippen molar-refractivity contribution in [1.29, 1.82) is 0 Å². The molecule has 1 rings (SSSR count). The highest BCUT2D eigenvalue weighted by Gasteiger charge is 2.09. The lowest BCUT2D eigenvalue weighted by atomic mass is 10.1. The van der Waals surface area contributed by atoms with Crippen LogP contribution in [0.4, 0.5) is 0 Å². The van der Waals surface area contributed by atoms with E-state index < -0.39 is 5.97 Å². The molecule has 0 aliphatic carbocycles. The molecular weight excluding hydrogens is 198 g/mol. The largest absolute Gasteiger partial charge is 0.507 e. The Morgan fingerprint density at radius 3 is 2.33 bits per heavy atom. The summed E-state index contributed by atoms with van der Waals surface area (Å²) in [5.74, 6) is -1.31. The van der Waals surface area contributed by atoms with Crippen LogP contribution in [-0.2, 0) is 4.79 Å². The molecule has 0 saturated heterocycles. The van der Waals surface area contributed by atoms with Crippen molar-refractivity contribution in [2.75, 3.05) is 6.54 Å². The van der Waals surface area contributed by atoms with Crippen LogP contribution in [0.5, 0.6) is 11.5 Å². The first-order valence-electron chi connectivity index (χ1n) is 4.26. The number of aromatic hydroxyl groups is 2. The monoisotopic (exact) mass is 209 g/mol. The van der Waals surface area contributed by atoms with E-state index in [9.17, 15) is 15.0 Å². The topological polar surface area (TPSA) is 90.1 Å². The highest BCUT2D eigenvalue weighted by Crippen LogP contribution is 2.26. The van der Waals surface area contributed by atoms with Crippen molar-refractivity contribution >= 4 is 11.7 Å². The van der Waals surface area contributed by atoms with E-state index in [-0.39, 0.29) is 29.3 Å². The number of carboxylic acid groups (broad SMARTS) is 1. The highest BCUT2D eigenvalue weighted by molar-refractivity contribution is 6.03. The summed E-state index contributed by atoms with van der Waals surface area (Å²) in [5.41, 5.74) is 0.451. The van der Waals surface area contributed by atoms with Crippen LogP contribution in [0.2, 0.25) is 0 Å². The van der Waals surface area contributed by atoms with Gasteiger partial charge in [0.05, 0.1) is 5.56 Å². The molecule has 0 spiro atoms. The van der Waals surface area contributed by atoms with Gasteiger partial charge in [0.25, 0.3) is 0 Å². The quantitative estimate of drug-likeness (QED) is 0.647. The van der Waals surface area contributed by atoms with Gasteiger partial charge in [0.2, 0.25) is 0 Å². The van der Waals surface area contributed by atoms with Crippen molar-refractivity contribution in [3.63, 3.8) is 0 Å². The number of benzene rings is 1. The SMILES string of the molecule is CC(=NCC(=O)O)c1c(O)cccc1O. The minimum atomic E-state index is -1.07. The summed E-state index contributed by atoms with van der Waals surface area (Å²) in [5, 5.41) is 27.3. The molecular formula is C10H11NO4. The van der Waals surface area contributed by atoms with Crippen LogP contribution in [0.1, 0.15) is 12.5 Å². The number of aliphatic imine (C=N–C) groups is 1. The van der Waals surface area contributed by atoms with Gasteiger partial charge in [-0.05, 0) is 19.1 Å². The van der Waals surface area contributed by atoms with E-state index >= 15 is 0 Å². The summed E-state index contributed by atoms with van der Waals surface area (Å²) >= 11 is 0. The van der Waals surface area contributed by atoms with E-state index in [0.717, 1.165) is 0 Å². The lowest BCUT2D eigenvalue weighted by molar-refractivity contribution is -0.135. The van der Waals surface area contributed by atoms with Crippen LogP contribution >= 0.6 is 0 Å². The van der Waals surface area contributed by atoms with E-state index in [1.165, 1.54) is 25.1 Å². The minimum absolute atomic E-state index is 0.123. The molecule has 0 atom stereocenters. The number of carboxylic acids is 1. The van der Waals surface area contributed by atoms with Gasteiger partial charge in [-0.2, -0.15) is 0 Å². The average Bonchev–Trinajstić information content (AvgIpc) is 2.14. The predicted octanol–water partition coefficient (Wildman–Crippen LogP) is 0.991. The first-order chi connectivity index (χ1) is 7.02. The van der Waals surface area contributed by atoms with Gasteiger partial charge in [0, 0.05) is 5.71 Å². The molecule has 0 fully saturated rings. The number of nitrogens with zero attached hydrogens (tertiary/aromatic N) is 1. The van der Waals surface area contributed by atoms with Gasteiger partial charge in [-0.1, -0.05) is 6.07 Å². The van der Waals surface area contributed by atoms with Crippen molar-refractivity contribution < 1.29 is 20.1 Å². The van der Waals surface area contributed by atoms with Crippen molar-refractivity contribution in [2.45, 2.75) is 6.92 Å². The highest BCUT2D eigenvalue weighted by atomic mass is 16.4. The third kappa shape index (κ3) is 2.70. The molecule has 0 bridgehead atoms. The maximum Gasteiger partial charge on any atom is 0.325 e. The van der Waals surface area contributed by atoms with Gasteiger partial charge in [-0.15, -0.1) is 0 Å². The van der Waals surface area contributed by atoms with Crippen LogP contribution < -0.4 is 0 Å². The van der Waals surface area contributed by atoms with Crippen molar-refractivity contribution in [2.24, 2.45) is 4.99 Å². The van der Waals surface area contributed by atoms with Gasteiger partial charge >= 0.3 is 5.97 Å². The minimum Gasteiger partial charge on any atom is -0.507 e. The van der Waals surface area contributed by atoms with Crippen LogP contribution in [0, 0.1) is 0 Å². The zero-order chi connectivity index (χ0) is 11.4. The molecule has 5 nitrogen and oxygen atoms in total. The standard InChI is InChI=1S/C10H11NO4/c1-6(11-5-9(14)15)10-7(12)3-2-4-8(10)13/h2-4,12-13H,5H2,1H3,(H,14,15). The van der Waals surface area contributed by atoms with Gasteiger partial charge in [0.1, 0.15) is 18.0 Å².